The molecule has 6 heteroatoms. The molecule has 1 N–H and O–H groups in total. The summed E-state index contributed by atoms with van der Waals surface area (Å²) in [7, 11) is -3.18. The lowest BCUT2D eigenvalue weighted by Crippen LogP contribution is -2.36. The topological polar surface area (TPSA) is 66.5 Å². The SMILES string of the molecule is CC(C)CCNC(=O)CCN(C1CC1)S(C)(=O)=O. The minimum atomic E-state index is -3.18. The number of nitrogens with zero attached hydrogens (tertiary/aromatic N) is 1. The average Bonchev–Trinajstić information content (AvgIpc) is 2.99. The molecule has 0 spiro atoms. The zero-order valence-electron chi connectivity index (χ0n) is 11.5. The van der Waals surface area contributed by atoms with Gasteiger partial charge in [-0.2, -0.15) is 4.31 Å². The van der Waals surface area contributed by atoms with Gasteiger partial charge in [-0.25, -0.2) is 8.42 Å². The first-order valence-corrected chi connectivity index (χ1v) is 8.39. The predicted octanol–water partition coefficient (Wildman–Crippen LogP) is 0.963. The smallest absolute Gasteiger partial charge is 0.221 e. The minimum absolute atomic E-state index is 0.0649. The molecule has 0 unspecified atom stereocenters. The molecule has 0 bridgehead atoms. The summed E-state index contributed by atoms with van der Waals surface area (Å²) >= 11 is 0. The summed E-state index contributed by atoms with van der Waals surface area (Å²) < 4.78 is 24.5. The van der Waals surface area contributed by atoms with Gasteiger partial charge >= 0.3 is 0 Å². The number of hydrogen-bond acceptors (Lipinski definition) is 3. The molecule has 0 aromatic carbocycles. The first-order valence-electron chi connectivity index (χ1n) is 6.54. The van der Waals surface area contributed by atoms with Crippen LogP contribution < -0.4 is 5.32 Å². The molecular weight excluding hydrogens is 252 g/mol. The molecule has 0 heterocycles. The summed E-state index contributed by atoms with van der Waals surface area (Å²) in [5.74, 6) is 0.495. The largest absolute Gasteiger partial charge is 0.356 e. The Balaban J connectivity index is 2.28. The summed E-state index contributed by atoms with van der Waals surface area (Å²) in [6.45, 7) is 5.17. The third-order valence-corrected chi connectivity index (χ3v) is 4.32. The van der Waals surface area contributed by atoms with Crippen molar-refractivity contribution in [3.63, 3.8) is 0 Å². The van der Waals surface area contributed by atoms with Gasteiger partial charge < -0.3 is 5.32 Å². The summed E-state index contributed by atoms with van der Waals surface area (Å²) in [5.41, 5.74) is 0. The summed E-state index contributed by atoms with van der Waals surface area (Å²) in [6, 6.07) is 0.128. The van der Waals surface area contributed by atoms with Gasteiger partial charge in [-0.15, -0.1) is 0 Å². The highest BCUT2D eigenvalue weighted by Gasteiger charge is 2.34. The van der Waals surface area contributed by atoms with Crippen molar-refractivity contribution < 1.29 is 13.2 Å². The minimum Gasteiger partial charge on any atom is -0.356 e. The van der Waals surface area contributed by atoms with E-state index in [1.807, 2.05) is 0 Å². The van der Waals surface area contributed by atoms with Gasteiger partial charge in [0.15, 0.2) is 0 Å². The highest BCUT2D eigenvalue weighted by Crippen LogP contribution is 2.28. The van der Waals surface area contributed by atoms with Crippen LogP contribution in [0.15, 0.2) is 0 Å². The van der Waals surface area contributed by atoms with Crippen molar-refractivity contribution in [3.05, 3.63) is 0 Å². The molecule has 1 saturated carbocycles. The number of carbonyl (C=O) groups is 1. The number of carbonyl (C=O) groups excluding carboxylic acids is 1. The van der Waals surface area contributed by atoms with Crippen LogP contribution in [-0.4, -0.2) is 44.0 Å². The van der Waals surface area contributed by atoms with Gasteiger partial charge in [-0.3, -0.25) is 4.79 Å². The van der Waals surface area contributed by atoms with Gasteiger partial charge in [0.2, 0.25) is 15.9 Å². The summed E-state index contributed by atoms with van der Waals surface area (Å²) in [6.07, 6.45) is 4.25. The van der Waals surface area contributed by atoms with Crippen molar-refractivity contribution in [1.82, 2.24) is 9.62 Å². The molecule has 1 fully saturated rings. The quantitative estimate of drug-likeness (QED) is 0.718. The fourth-order valence-corrected chi connectivity index (χ4v) is 2.96. The molecule has 5 nitrogen and oxygen atoms in total. The number of rotatable bonds is 8. The second kappa shape index (κ2) is 6.52. The van der Waals surface area contributed by atoms with Crippen molar-refractivity contribution >= 4 is 15.9 Å². The summed E-state index contributed by atoms with van der Waals surface area (Å²) in [4.78, 5) is 11.6. The predicted molar refractivity (Wildman–Crippen MR) is 71.7 cm³/mol. The Labute approximate surface area is 110 Å². The second-order valence-corrected chi connectivity index (χ2v) is 7.32. The van der Waals surface area contributed by atoms with E-state index in [1.54, 1.807) is 0 Å². The molecule has 1 aliphatic carbocycles. The van der Waals surface area contributed by atoms with E-state index in [0.717, 1.165) is 19.3 Å². The maximum atomic E-state index is 11.6. The Morgan fingerprint density at radius 1 is 1.39 bits per heavy atom. The van der Waals surface area contributed by atoms with Crippen LogP contribution >= 0.6 is 0 Å². The fourth-order valence-electron chi connectivity index (χ4n) is 1.78. The Bertz CT molecular complexity index is 375. The molecule has 0 aromatic heterocycles. The molecule has 1 rings (SSSR count). The van der Waals surface area contributed by atoms with Crippen LogP contribution in [0, 0.1) is 5.92 Å². The third-order valence-electron chi connectivity index (χ3n) is 2.98. The first kappa shape index (κ1) is 15.4. The molecule has 18 heavy (non-hydrogen) atoms. The molecule has 0 atom stereocenters. The zero-order valence-corrected chi connectivity index (χ0v) is 12.3. The van der Waals surface area contributed by atoms with E-state index < -0.39 is 10.0 Å². The van der Waals surface area contributed by atoms with E-state index in [0.29, 0.717) is 19.0 Å². The van der Waals surface area contributed by atoms with E-state index in [4.69, 9.17) is 0 Å². The highest BCUT2D eigenvalue weighted by atomic mass is 32.2. The van der Waals surface area contributed by atoms with Gasteiger partial charge in [0.05, 0.1) is 6.26 Å². The van der Waals surface area contributed by atoms with Crippen molar-refractivity contribution in [2.24, 2.45) is 5.92 Å². The Kier molecular flexibility index (Phi) is 5.59. The van der Waals surface area contributed by atoms with Crippen LogP contribution in [0.2, 0.25) is 0 Å². The van der Waals surface area contributed by atoms with Crippen LogP contribution in [0.5, 0.6) is 0 Å². The lowest BCUT2D eigenvalue weighted by Gasteiger charge is -2.18. The standard InChI is InChI=1S/C12H24N2O3S/c1-10(2)6-8-13-12(15)7-9-14(11-4-5-11)18(3,16)17/h10-11H,4-9H2,1-3H3,(H,13,15). The van der Waals surface area contributed by atoms with Crippen LogP contribution in [0.1, 0.15) is 39.5 Å². The monoisotopic (exact) mass is 276 g/mol. The lowest BCUT2D eigenvalue weighted by atomic mass is 10.1. The Morgan fingerprint density at radius 2 is 2.00 bits per heavy atom. The molecule has 0 aromatic rings. The molecule has 0 aliphatic heterocycles. The summed E-state index contributed by atoms with van der Waals surface area (Å²) in [5, 5.41) is 2.82. The van der Waals surface area contributed by atoms with Gasteiger partial charge in [0.25, 0.3) is 0 Å². The van der Waals surface area contributed by atoms with E-state index >= 15 is 0 Å². The molecule has 1 aliphatic rings. The number of sulfonamides is 1. The van der Waals surface area contributed by atoms with Crippen LogP contribution in [0.3, 0.4) is 0 Å². The molecule has 1 amide bonds. The average molecular weight is 276 g/mol. The Hall–Kier alpha value is -0.620. The first-order chi connectivity index (χ1) is 8.30. The van der Waals surface area contributed by atoms with Gasteiger partial charge in [-0.1, -0.05) is 13.8 Å². The molecule has 0 saturated heterocycles. The lowest BCUT2D eigenvalue weighted by molar-refractivity contribution is -0.121. The normalized spacial score (nSPS) is 16.3. The number of hydrogen-bond donors (Lipinski definition) is 1. The van der Waals surface area contributed by atoms with E-state index in [2.05, 4.69) is 19.2 Å². The maximum absolute atomic E-state index is 11.6. The van der Waals surface area contributed by atoms with Gasteiger partial charge in [0, 0.05) is 25.6 Å². The van der Waals surface area contributed by atoms with Crippen molar-refractivity contribution in [2.45, 2.75) is 45.6 Å². The van der Waals surface area contributed by atoms with Crippen molar-refractivity contribution in [3.8, 4) is 0 Å². The number of nitrogens with one attached hydrogen (secondary N) is 1. The zero-order chi connectivity index (χ0) is 13.8. The fraction of sp³-hybridized carbons (Fsp3) is 0.917. The molecule has 106 valence electrons. The van der Waals surface area contributed by atoms with E-state index in [1.165, 1.54) is 10.6 Å². The van der Waals surface area contributed by atoms with E-state index in [-0.39, 0.29) is 18.4 Å². The molecule has 0 radical (unpaired) electrons. The van der Waals surface area contributed by atoms with Crippen LogP contribution in [0.25, 0.3) is 0 Å². The van der Waals surface area contributed by atoms with Gasteiger partial charge in [0.1, 0.15) is 0 Å². The van der Waals surface area contributed by atoms with Gasteiger partial charge in [-0.05, 0) is 25.2 Å². The maximum Gasteiger partial charge on any atom is 0.221 e. The molecular formula is C12H24N2O3S. The van der Waals surface area contributed by atoms with Crippen LogP contribution in [-0.2, 0) is 14.8 Å². The van der Waals surface area contributed by atoms with Crippen molar-refractivity contribution in [1.29, 1.82) is 0 Å². The second-order valence-electron chi connectivity index (χ2n) is 5.39. The highest BCUT2D eigenvalue weighted by molar-refractivity contribution is 7.88. The Morgan fingerprint density at radius 3 is 2.44 bits per heavy atom. The number of amides is 1. The van der Waals surface area contributed by atoms with Crippen molar-refractivity contribution in [2.75, 3.05) is 19.3 Å². The van der Waals surface area contributed by atoms with E-state index in [9.17, 15) is 13.2 Å². The third kappa shape index (κ3) is 5.82. The van der Waals surface area contributed by atoms with Crippen LogP contribution in [0.4, 0.5) is 0 Å².